The molecular weight excluding hydrogens is 343 g/mol. The third-order valence-electron chi connectivity index (χ3n) is 3.45. The van der Waals surface area contributed by atoms with Gasteiger partial charge in [-0.25, -0.2) is 4.39 Å². The zero-order chi connectivity index (χ0) is 15.9. The van der Waals surface area contributed by atoms with Gasteiger partial charge in [0.05, 0.1) is 11.9 Å². The van der Waals surface area contributed by atoms with Crippen LogP contribution in [0.3, 0.4) is 0 Å². The van der Waals surface area contributed by atoms with Crippen LogP contribution in [0.2, 0.25) is 5.02 Å². The number of aryl methyl sites for hydroxylation is 1. The number of nitrogens with one attached hydrogen (secondary N) is 1. The highest BCUT2D eigenvalue weighted by atomic mass is 35.5. The average molecular weight is 355 g/mol. The predicted octanol–water partition coefficient (Wildman–Crippen LogP) is 4.52. The summed E-state index contributed by atoms with van der Waals surface area (Å²) in [4.78, 5) is 17.5. The van der Waals surface area contributed by atoms with Crippen molar-refractivity contribution in [3.8, 4) is 0 Å². The lowest BCUT2D eigenvalue weighted by molar-refractivity contribution is 0.594. The Bertz CT molecular complexity index is 954. The molecule has 2 aromatic heterocycles. The standard InChI is InChI=1S/C15H12ClFN2OS2/c1-2-8-6-9-13(22-8)18-15(21)19(14(9)20)7-10-11(16)4-3-5-12(10)17/h3-6H,2,7H2,1H3,(H,18,21). The van der Waals surface area contributed by atoms with Crippen molar-refractivity contribution in [1.82, 2.24) is 9.55 Å². The molecule has 0 saturated carbocycles. The number of fused-ring (bicyclic) bond motifs is 1. The van der Waals surface area contributed by atoms with Crippen molar-refractivity contribution in [2.45, 2.75) is 19.9 Å². The van der Waals surface area contributed by atoms with E-state index in [0.717, 1.165) is 16.1 Å². The molecule has 0 spiro atoms. The Balaban J connectivity index is 2.19. The second-order valence-corrected chi connectivity index (χ2v) is 6.76. The highest BCUT2D eigenvalue weighted by molar-refractivity contribution is 7.71. The van der Waals surface area contributed by atoms with Crippen LogP contribution in [0.25, 0.3) is 10.2 Å². The molecule has 3 nitrogen and oxygen atoms in total. The number of rotatable bonds is 3. The highest BCUT2D eigenvalue weighted by Gasteiger charge is 2.13. The van der Waals surface area contributed by atoms with E-state index in [-0.39, 0.29) is 27.5 Å². The van der Waals surface area contributed by atoms with Gasteiger partial charge in [-0.3, -0.25) is 9.36 Å². The number of hydrogen-bond donors (Lipinski definition) is 1. The van der Waals surface area contributed by atoms with E-state index in [1.54, 1.807) is 6.07 Å². The smallest absolute Gasteiger partial charge is 0.263 e. The molecule has 0 amide bonds. The second-order valence-electron chi connectivity index (χ2n) is 4.83. The number of benzene rings is 1. The largest absolute Gasteiger partial charge is 0.323 e. The van der Waals surface area contributed by atoms with Gasteiger partial charge in [0.2, 0.25) is 0 Å². The highest BCUT2D eigenvalue weighted by Crippen LogP contribution is 2.23. The van der Waals surface area contributed by atoms with Gasteiger partial charge in [0, 0.05) is 15.5 Å². The predicted molar refractivity (Wildman–Crippen MR) is 91.2 cm³/mol. The van der Waals surface area contributed by atoms with Gasteiger partial charge < -0.3 is 4.98 Å². The Labute approximate surface area is 140 Å². The van der Waals surface area contributed by atoms with Crippen molar-refractivity contribution < 1.29 is 4.39 Å². The fourth-order valence-corrected chi connectivity index (χ4v) is 3.78. The van der Waals surface area contributed by atoms with E-state index in [4.69, 9.17) is 23.8 Å². The first-order chi connectivity index (χ1) is 10.5. The Morgan fingerprint density at radius 2 is 2.23 bits per heavy atom. The van der Waals surface area contributed by atoms with Crippen molar-refractivity contribution in [2.75, 3.05) is 0 Å². The van der Waals surface area contributed by atoms with Crippen LogP contribution in [0.4, 0.5) is 4.39 Å². The minimum atomic E-state index is -0.450. The summed E-state index contributed by atoms with van der Waals surface area (Å²) in [5.41, 5.74) is 0.0325. The number of thiophene rings is 1. The number of hydrogen-bond acceptors (Lipinski definition) is 3. The minimum absolute atomic E-state index is 0.00686. The van der Waals surface area contributed by atoms with Crippen molar-refractivity contribution in [3.05, 3.63) is 60.7 Å². The van der Waals surface area contributed by atoms with Crippen LogP contribution < -0.4 is 5.56 Å². The average Bonchev–Trinajstić information content (AvgIpc) is 2.89. The summed E-state index contributed by atoms with van der Waals surface area (Å²) in [5.74, 6) is -0.450. The van der Waals surface area contributed by atoms with Crippen LogP contribution in [0.5, 0.6) is 0 Å². The molecule has 3 rings (SSSR count). The number of aromatic amines is 1. The molecule has 2 heterocycles. The van der Waals surface area contributed by atoms with Crippen LogP contribution in [-0.2, 0) is 13.0 Å². The molecule has 0 atom stereocenters. The molecule has 0 aliphatic heterocycles. The normalized spacial score (nSPS) is 11.2. The van der Waals surface area contributed by atoms with Gasteiger partial charge in [0.25, 0.3) is 5.56 Å². The maximum absolute atomic E-state index is 13.9. The third-order valence-corrected chi connectivity index (χ3v) is 5.32. The monoisotopic (exact) mass is 354 g/mol. The summed E-state index contributed by atoms with van der Waals surface area (Å²) < 4.78 is 15.5. The molecule has 22 heavy (non-hydrogen) atoms. The topological polar surface area (TPSA) is 37.8 Å². The number of nitrogens with zero attached hydrogens (tertiary/aromatic N) is 1. The zero-order valence-corrected chi connectivity index (χ0v) is 14.0. The second kappa shape index (κ2) is 5.95. The van der Waals surface area contributed by atoms with Gasteiger partial charge in [-0.15, -0.1) is 11.3 Å². The first-order valence-electron chi connectivity index (χ1n) is 6.69. The summed E-state index contributed by atoms with van der Waals surface area (Å²) in [5, 5.41) is 0.851. The minimum Gasteiger partial charge on any atom is -0.323 e. The quantitative estimate of drug-likeness (QED) is 0.702. The number of H-pyrrole nitrogens is 1. The Morgan fingerprint density at radius 3 is 2.91 bits per heavy atom. The lowest BCUT2D eigenvalue weighted by atomic mass is 10.2. The van der Waals surface area contributed by atoms with Gasteiger partial charge in [-0.2, -0.15) is 0 Å². The van der Waals surface area contributed by atoms with Crippen LogP contribution in [0.15, 0.2) is 29.1 Å². The van der Waals surface area contributed by atoms with E-state index < -0.39 is 5.82 Å². The molecule has 0 bridgehead atoms. The SMILES string of the molecule is CCc1cc2c(=O)n(Cc3c(F)cccc3Cl)c(=S)[nH]c2s1. The van der Waals surface area contributed by atoms with Crippen molar-refractivity contribution in [2.24, 2.45) is 0 Å². The molecule has 0 fully saturated rings. The molecule has 0 radical (unpaired) electrons. The van der Waals surface area contributed by atoms with Crippen LogP contribution in [0.1, 0.15) is 17.4 Å². The summed E-state index contributed by atoms with van der Waals surface area (Å²) >= 11 is 12.8. The first-order valence-corrected chi connectivity index (χ1v) is 8.30. The van der Waals surface area contributed by atoms with Gasteiger partial charge in [0.15, 0.2) is 4.77 Å². The molecule has 114 valence electrons. The maximum atomic E-state index is 13.9. The van der Waals surface area contributed by atoms with Gasteiger partial charge in [0.1, 0.15) is 10.6 Å². The van der Waals surface area contributed by atoms with Crippen molar-refractivity contribution in [1.29, 1.82) is 0 Å². The van der Waals surface area contributed by atoms with Crippen molar-refractivity contribution in [3.63, 3.8) is 0 Å². The van der Waals surface area contributed by atoms with Gasteiger partial charge >= 0.3 is 0 Å². The van der Waals surface area contributed by atoms with E-state index >= 15 is 0 Å². The van der Waals surface area contributed by atoms with Gasteiger partial charge in [-0.05, 0) is 36.8 Å². The zero-order valence-electron chi connectivity index (χ0n) is 11.7. The number of aromatic nitrogens is 2. The molecule has 3 aromatic rings. The summed E-state index contributed by atoms with van der Waals surface area (Å²) in [7, 11) is 0. The summed E-state index contributed by atoms with van der Waals surface area (Å²) in [6.07, 6.45) is 0.846. The van der Waals surface area contributed by atoms with Crippen LogP contribution in [0, 0.1) is 10.6 Å². The van der Waals surface area contributed by atoms with E-state index in [2.05, 4.69) is 4.98 Å². The fraction of sp³-hybridized carbons (Fsp3) is 0.200. The Hall–Kier alpha value is -1.50. The molecule has 0 aliphatic carbocycles. The molecule has 0 saturated heterocycles. The lowest BCUT2D eigenvalue weighted by Gasteiger charge is -2.09. The molecule has 0 aliphatic rings. The van der Waals surface area contributed by atoms with Gasteiger partial charge in [-0.1, -0.05) is 24.6 Å². The fourth-order valence-electron chi connectivity index (χ4n) is 2.26. The summed E-state index contributed by atoms with van der Waals surface area (Å²) in [6, 6.07) is 6.29. The van der Waals surface area contributed by atoms with E-state index in [1.807, 2.05) is 13.0 Å². The maximum Gasteiger partial charge on any atom is 0.263 e. The first kappa shape index (κ1) is 15.4. The molecule has 0 unspecified atom stereocenters. The van der Waals surface area contributed by atoms with E-state index in [0.29, 0.717) is 5.39 Å². The Kier molecular flexibility index (Phi) is 4.16. The van der Waals surface area contributed by atoms with Crippen LogP contribution >= 0.6 is 35.2 Å². The van der Waals surface area contributed by atoms with Crippen LogP contribution in [-0.4, -0.2) is 9.55 Å². The third kappa shape index (κ3) is 2.62. The summed E-state index contributed by atoms with van der Waals surface area (Å²) in [6.45, 7) is 2.03. The molecular formula is C15H12ClFN2OS2. The molecule has 7 heteroatoms. The molecule has 1 aromatic carbocycles. The lowest BCUT2D eigenvalue weighted by Crippen LogP contribution is -2.22. The van der Waals surface area contributed by atoms with Crippen molar-refractivity contribution >= 4 is 45.4 Å². The van der Waals surface area contributed by atoms with E-state index in [9.17, 15) is 9.18 Å². The van der Waals surface area contributed by atoms with E-state index in [1.165, 1.54) is 28.0 Å². The number of halogens is 2. The molecule has 1 N–H and O–H groups in total. The Morgan fingerprint density at radius 1 is 1.45 bits per heavy atom.